The molecule has 2 aromatic carbocycles. The van der Waals surface area contributed by atoms with Crippen molar-refractivity contribution >= 4 is 11.9 Å². The number of fused-ring (bicyclic) bond motifs is 1. The second-order valence-corrected chi connectivity index (χ2v) is 7.97. The van der Waals surface area contributed by atoms with Gasteiger partial charge < -0.3 is 15.5 Å². The summed E-state index contributed by atoms with van der Waals surface area (Å²) in [7, 11) is 0. The first kappa shape index (κ1) is 18.7. The maximum absolute atomic E-state index is 12.9. The third-order valence-corrected chi connectivity index (χ3v) is 5.41. The first-order chi connectivity index (χ1) is 13.8. The van der Waals surface area contributed by atoms with E-state index in [1.807, 2.05) is 13.8 Å². The van der Waals surface area contributed by atoms with Crippen LogP contribution in [0.5, 0.6) is 5.75 Å². The number of hydrogen-bond donors (Lipinski definition) is 4. The van der Waals surface area contributed by atoms with Crippen LogP contribution in [0.25, 0.3) is 11.3 Å². The minimum absolute atomic E-state index is 0.0889. The summed E-state index contributed by atoms with van der Waals surface area (Å²) >= 11 is 0. The van der Waals surface area contributed by atoms with E-state index in [-0.39, 0.29) is 34.4 Å². The fraction of sp³-hybridized carbons (Fsp3) is 0.227. The maximum Gasteiger partial charge on any atom is 0.335 e. The van der Waals surface area contributed by atoms with Gasteiger partial charge in [-0.3, -0.25) is 9.89 Å². The largest absolute Gasteiger partial charge is 0.507 e. The lowest BCUT2D eigenvalue weighted by atomic mass is 9.85. The Morgan fingerprint density at radius 3 is 2.66 bits per heavy atom. The number of aromatic carboxylic acids is 1. The number of phenols is 1. The van der Waals surface area contributed by atoms with Crippen LogP contribution in [0, 0.1) is 5.41 Å². The molecule has 1 aliphatic rings. The van der Waals surface area contributed by atoms with Crippen LogP contribution in [0.1, 0.15) is 51.9 Å². The van der Waals surface area contributed by atoms with Crippen molar-refractivity contribution in [1.82, 2.24) is 15.5 Å². The molecule has 1 amide bonds. The molecule has 1 heterocycles. The smallest absolute Gasteiger partial charge is 0.335 e. The SMILES string of the molecule is CC1(C)Cc2cc(C(=O)O)ccc2C1NC(=O)c1cc(-c2ccccc2O)n[nH]1. The van der Waals surface area contributed by atoms with Crippen molar-refractivity contribution in [3.8, 4) is 17.0 Å². The van der Waals surface area contributed by atoms with Crippen LogP contribution in [0.15, 0.2) is 48.5 Å². The summed E-state index contributed by atoms with van der Waals surface area (Å²) in [5, 5.41) is 29.1. The summed E-state index contributed by atoms with van der Waals surface area (Å²) in [5.74, 6) is -1.19. The zero-order valence-electron chi connectivity index (χ0n) is 16.1. The van der Waals surface area contributed by atoms with Gasteiger partial charge in [-0.25, -0.2) is 4.79 Å². The molecule has 148 valence electrons. The first-order valence-electron chi connectivity index (χ1n) is 9.27. The van der Waals surface area contributed by atoms with Crippen molar-refractivity contribution in [1.29, 1.82) is 0 Å². The second kappa shape index (κ2) is 6.77. The highest BCUT2D eigenvalue weighted by molar-refractivity contribution is 5.94. The molecule has 29 heavy (non-hydrogen) atoms. The Labute approximate surface area is 167 Å². The van der Waals surface area contributed by atoms with Crippen molar-refractivity contribution in [3.05, 3.63) is 70.9 Å². The van der Waals surface area contributed by atoms with E-state index in [0.29, 0.717) is 17.7 Å². The van der Waals surface area contributed by atoms with Crippen LogP contribution in [0.3, 0.4) is 0 Å². The lowest BCUT2D eigenvalue weighted by Gasteiger charge is -2.28. The predicted molar refractivity (Wildman–Crippen MR) is 107 cm³/mol. The van der Waals surface area contributed by atoms with E-state index in [1.54, 1.807) is 48.5 Å². The van der Waals surface area contributed by atoms with Crippen LogP contribution in [-0.2, 0) is 6.42 Å². The Morgan fingerprint density at radius 2 is 1.93 bits per heavy atom. The number of amides is 1. The standard InChI is InChI=1S/C22H21N3O4/c1-22(2)11-13-9-12(21(28)29)7-8-14(13)19(22)23-20(27)17-10-16(24-25-17)15-5-3-4-6-18(15)26/h3-10,19,26H,11H2,1-2H3,(H,23,27)(H,24,25)(H,28,29). The van der Waals surface area contributed by atoms with Crippen LogP contribution in [0.4, 0.5) is 0 Å². The number of rotatable bonds is 4. The number of hydrogen-bond acceptors (Lipinski definition) is 4. The lowest BCUT2D eigenvalue weighted by molar-refractivity contribution is 0.0696. The summed E-state index contributed by atoms with van der Waals surface area (Å²) in [6.07, 6.45) is 0.667. The average Bonchev–Trinajstić information content (AvgIpc) is 3.24. The molecule has 1 aromatic heterocycles. The third kappa shape index (κ3) is 3.35. The molecule has 0 fully saturated rings. The molecule has 7 heteroatoms. The van der Waals surface area contributed by atoms with E-state index in [9.17, 15) is 19.8 Å². The van der Waals surface area contributed by atoms with Gasteiger partial charge in [-0.05, 0) is 53.3 Å². The molecule has 0 bridgehead atoms. The summed E-state index contributed by atoms with van der Waals surface area (Å²) in [4.78, 5) is 24.1. The zero-order chi connectivity index (χ0) is 20.8. The highest BCUT2D eigenvalue weighted by atomic mass is 16.4. The third-order valence-electron chi connectivity index (χ3n) is 5.41. The highest BCUT2D eigenvalue weighted by Gasteiger charge is 2.40. The van der Waals surface area contributed by atoms with Gasteiger partial charge in [0.25, 0.3) is 5.91 Å². The fourth-order valence-corrected chi connectivity index (χ4v) is 3.94. The first-order valence-corrected chi connectivity index (χ1v) is 9.27. The molecule has 1 aliphatic carbocycles. The van der Waals surface area contributed by atoms with Gasteiger partial charge in [0.15, 0.2) is 0 Å². The zero-order valence-corrected chi connectivity index (χ0v) is 16.1. The van der Waals surface area contributed by atoms with Crippen molar-refractivity contribution in [2.45, 2.75) is 26.3 Å². The molecule has 0 saturated carbocycles. The molecular formula is C22H21N3O4. The molecule has 0 saturated heterocycles. The van der Waals surface area contributed by atoms with Gasteiger partial charge in [-0.1, -0.05) is 32.0 Å². The van der Waals surface area contributed by atoms with Crippen molar-refractivity contribution in [2.24, 2.45) is 5.41 Å². The van der Waals surface area contributed by atoms with E-state index < -0.39 is 5.97 Å². The fourth-order valence-electron chi connectivity index (χ4n) is 3.94. The summed E-state index contributed by atoms with van der Waals surface area (Å²) in [5.41, 5.74) is 3.13. The second-order valence-electron chi connectivity index (χ2n) is 7.97. The number of nitrogens with zero attached hydrogens (tertiary/aromatic N) is 1. The number of carboxylic acid groups (broad SMARTS) is 1. The van der Waals surface area contributed by atoms with Gasteiger partial charge in [-0.15, -0.1) is 0 Å². The van der Waals surface area contributed by atoms with Crippen LogP contribution in [0.2, 0.25) is 0 Å². The number of aromatic hydroxyl groups is 1. The van der Waals surface area contributed by atoms with Crippen LogP contribution >= 0.6 is 0 Å². The Bertz CT molecular complexity index is 1120. The number of para-hydroxylation sites is 1. The molecule has 4 N–H and O–H groups in total. The monoisotopic (exact) mass is 391 g/mol. The molecule has 1 unspecified atom stereocenters. The number of carbonyl (C=O) groups excluding carboxylic acids is 1. The number of carbonyl (C=O) groups is 2. The molecule has 4 rings (SSSR count). The van der Waals surface area contributed by atoms with Gasteiger partial charge in [-0.2, -0.15) is 5.10 Å². The minimum atomic E-state index is -0.966. The topological polar surface area (TPSA) is 115 Å². The number of nitrogens with one attached hydrogen (secondary N) is 2. The molecule has 3 aromatic rings. The highest BCUT2D eigenvalue weighted by Crippen LogP contribution is 2.45. The van der Waals surface area contributed by atoms with E-state index in [1.165, 1.54) is 0 Å². The Morgan fingerprint density at radius 1 is 1.17 bits per heavy atom. The van der Waals surface area contributed by atoms with Gasteiger partial charge in [0, 0.05) is 5.56 Å². The average molecular weight is 391 g/mol. The number of carboxylic acids is 1. The number of benzene rings is 2. The lowest BCUT2D eigenvalue weighted by Crippen LogP contribution is -2.35. The van der Waals surface area contributed by atoms with Crippen LogP contribution in [-0.4, -0.2) is 32.3 Å². The number of aromatic amines is 1. The summed E-state index contributed by atoms with van der Waals surface area (Å²) in [6, 6.07) is 13.1. The molecule has 0 spiro atoms. The normalized spacial score (nSPS) is 17.0. The molecular weight excluding hydrogens is 370 g/mol. The maximum atomic E-state index is 12.9. The summed E-state index contributed by atoms with van der Waals surface area (Å²) < 4.78 is 0. The van der Waals surface area contributed by atoms with Crippen molar-refractivity contribution in [3.63, 3.8) is 0 Å². The van der Waals surface area contributed by atoms with Crippen molar-refractivity contribution in [2.75, 3.05) is 0 Å². The quantitative estimate of drug-likeness (QED) is 0.543. The predicted octanol–water partition coefficient (Wildman–Crippen LogP) is 3.53. The Hall–Kier alpha value is -3.61. The van der Waals surface area contributed by atoms with E-state index in [2.05, 4.69) is 15.5 Å². The number of aromatic nitrogens is 2. The summed E-state index contributed by atoms with van der Waals surface area (Å²) in [6.45, 7) is 4.08. The van der Waals surface area contributed by atoms with Gasteiger partial charge in [0.2, 0.25) is 0 Å². The van der Waals surface area contributed by atoms with Crippen molar-refractivity contribution < 1.29 is 19.8 Å². The molecule has 0 radical (unpaired) electrons. The minimum Gasteiger partial charge on any atom is -0.507 e. The molecule has 7 nitrogen and oxygen atoms in total. The molecule has 0 aliphatic heterocycles. The van der Waals surface area contributed by atoms with Gasteiger partial charge in [0.05, 0.1) is 17.3 Å². The van der Waals surface area contributed by atoms with Gasteiger partial charge in [0.1, 0.15) is 11.4 Å². The van der Waals surface area contributed by atoms with E-state index >= 15 is 0 Å². The van der Waals surface area contributed by atoms with Crippen LogP contribution < -0.4 is 5.32 Å². The number of H-pyrrole nitrogens is 1. The Kier molecular flexibility index (Phi) is 4.38. The Balaban J connectivity index is 1.59. The molecule has 1 atom stereocenters. The van der Waals surface area contributed by atoms with E-state index in [0.717, 1.165) is 11.1 Å². The van der Waals surface area contributed by atoms with Gasteiger partial charge >= 0.3 is 5.97 Å². The van der Waals surface area contributed by atoms with E-state index in [4.69, 9.17) is 0 Å². The number of phenolic OH excluding ortho intramolecular Hbond substituents is 1.